The van der Waals surface area contributed by atoms with Gasteiger partial charge in [-0.2, -0.15) is 0 Å². The normalized spacial score (nSPS) is 20.0. The predicted octanol–water partition coefficient (Wildman–Crippen LogP) is 2.75. The maximum absolute atomic E-state index is 13.0. The van der Waals surface area contributed by atoms with Crippen LogP contribution >= 0.6 is 0 Å². The Balaban J connectivity index is 1.80. The van der Waals surface area contributed by atoms with Gasteiger partial charge in [-0.15, -0.1) is 0 Å². The van der Waals surface area contributed by atoms with Crippen molar-refractivity contribution in [2.45, 2.75) is 46.0 Å². The van der Waals surface area contributed by atoms with Gasteiger partial charge in [0.15, 0.2) is 0 Å². The van der Waals surface area contributed by atoms with E-state index in [1.54, 1.807) is 11.0 Å². The SMILES string of the molecule is CC(C)C1=C(O)CC(O)C(C(=O)N2Cc3ccc(CN(C)C)cc3C2)=C1. The van der Waals surface area contributed by atoms with Crippen molar-refractivity contribution in [2.75, 3.05) is 14.1 Å². The number of carbonyl (C=O) groups excluding carboxylic acids is 1. The van der Waals surface area contributed by atoms with Crippen molar-refractivity contribution in [1.29, 1.82) is 0 Å². The molecule has 0 spiro atoms. The van der Waals surface area contributed by atoms with E-state index in [2.05, 4.69) is 23.1 Å². The molecule has 1 atom stereocenters. The summed E-state index contributed by atoms with van der Waals surface area (Å²) in [6.45, 7) is 5.94. The third-order valence-electron chi connectivity index (χ3n) is 5.04. The number of amides is 1. The van der Waals surface area contributed by atoms with Crippen LogP contribution in [0.4, 0.5) is 0 Å². The van der Waals surface area contributed by atoms with E-state index in [0.717, 1.165) is 17.7 Å². The Hall–Kier alpha value is -2.11. The Morgan fingerprint density at radius 2 is 1.96 bits per heavy atom. The van der Waals surface area contributed by atoms with Gasteiger partial charge >= 0.3 is 0 Å². The van der Waals surface area contributed by atoms with E-state index in [4.69, 9.17) is 0 Å². The number of hydrogen-bond donors (Lipinski definition) is 2. The average molecular weight is 356 g/mol. The van der Waals surface area contributed by atoms with Gasteiger partial charge in [-0.25, -0.2) is 0 Å². The molecule has 5 nitrogen and oxygen atoms in total. The first-order valence-corrected chi connectivity index (χ1v) is 9.12. The number of allylic oxidation sites excluding steroid dienone is 2. The molecule has 1 aliphatic carbocycles. The van der Waals surface area contributed by atoms with Gasteiger partial charge in [0.1, 0.15) is 0 Å². The minimum atomic E-state index is -0.946. The summed E-state index contributed by atoms with van der Waals surface area (Å²) in [6.07, 6.45) is 0.841. The van der Waals surface area contributed by atoms with Gasteiger partial charge in [-0.3, -0.25) is 4.79 Å². The molecule has 5 heteroatoms. The zero-order valence-corrected chi connectivity index (χ0v) is 16.0. The molecule has 1 aromatic carbocycles. The number of hydrogen-bond acceptors (Lipinski definition) is 4. The first-order chi connectivity index (χ1) is 12.3. The second-order valence-electron chi connectivity index (χ2n) is 7.88. The van der Waals surface area contributed by atoms with Crippen LogP contribution in [-0.4, -0.2) is 46.1 Å². The van der Waals surface area contributed by atoms with E-state index >= 15 is 0 Å². The number of nitrogens with zero attached hydrogens (tertiary/aromatic N) is 2. The zero-order chi connectivity index (χ0) is 19.0. The van der Waals surface area contributed by atoms with Crippen molar-refractivity contribution in [2.24, 2.45) is 5.92 Å². The molecule has 0 radical (unpaired) electrons. The fraction of sp³-hybridized carbons (Fsp3) is 0.476. The topological polar surface area (TPSA) is 64.0 Å². The monoisotopic (exact) mass is 356 g/mol. The third-order valence-corrected chi connectivity index (χ3v) is 5.04. The standard InChI is InChI=1S/C21H28N2O3/c1-13(2)17-8-18(20(25)9-19(17)24)21(26)23-11-15-6-5-14(10-22(3)4)7-16(15)12-23/h5-8,13,20,24-25H,9-12H2,1-4H3. The number of fused-ring (bicyclic) bond motifs is 1. The van der Waals surface area contributed by atoms with Gasteiger partial charge in [-0.05, 0) is 48.4 Å². The fourth-order valence-corrected chi connectivity index (χ4v) is 3.70. The highest BCUT2D eigenvalue weighted by Crippen LogP contribution is 2.31. The molecule has 26 heavy (non-hydrogen) atoms. The van der Waals surface area contributed by atoms with Crippen molar-refractivity contribution in [3.8, 4) is 0 Å². The minimum Gasteiger partial charge on any atom is -0.512 e. The summed E-state index contributed by atoms with van der Waals surface area (Å²) in [4.78, 5) is 16.9. The van der Waals surface area contributed by atoms with Crippen LogP contribution in [0.5, 0.6) is 0 Å². The molecule has 1 amide bonds. The molecule has 0 fully saturated rings. The van der Waals surface area contributed by atoms with E-state index in [1.165, 1.54) is 11.1 Å². The summed E-state index contributed by atoms with van der Waals surface area (Å²) in [5.74, 6) is 0.144. The van der Waals surface area contributed by atoms with Crippen LogP contribution in [0.15, 0.2) is 41.2 Å². The maximum atomic E-state index is 13.0. The van der Waals surface area contributed by atoms with E-state index < -0.39 is 6.10 Å². The van der Waals surface area contributed by atoms with E-state index in [-0.39, 0.29) is 24.0 Å². The van der Waals surface area contributed by atoms with Gasteiger partial charge < -0.3 is 20.0 Å². The van der Waals surface area contributed by atoms with Crippen molar-refractivity contribution in [1.82, 2.24) is 9.80 Å². The fourth-order valence-electron chi connectivity index (χ4n) is 3.70. The zero-order valence-electron chi connectivity index (χ0n) is 16.0. The van der Waals surface area contributed by atoms with Crippen molar-refractivity contribution in [3.63, 3.8) is 0 Å². The van der Waals surface area contributed by atoms with Crippen molar-refractivity contribution in [3.05, 3.63) is 57.9 Å². The lowest BCUT2D eigenvalue weighted by Gasteiger charge is -2.26. The second-order valence-corrected chi connectivity index (χ2v) is 7.88. The Labute approximate surface area is 155 Å². The van der Waals surface area contributed by atoms with Crippen LogP contribution in [0.1, 0.15) is 37.0 Å². The average Bonchev–Trinajstić information content (AvgIpc) is 2.96. The number of rotatable bonds is 4. The van der Waals surface area contributed by atoms with Gasteiger partial charge in [0, 0.05) is 31.6 Å². The molecule has 0 saturated heterocycles. The van der Waals surface area contributed by atoms with Gasteiger partial charge in [0.2, 0.25) is 0 Å². The lowest BCUT2D eigenvalue weighted by Crippen LogP contribution is -2.33. The van der Waals surface area contributed by atoms with Crippen molar-refractivity contribution < 1.29 is 15.0 Å². The van der Waals surface area contributed by atoms with E-state index in [1.807, 2.05) is 27.9 Å². The Bertz CT molecular complexity index is 777. The first-order valence-electron chi connectivity index (χ1n) is 9.12. The van der Waals surface area contributed by atoms with Crippen LogP contribution in [0, 0.1) is 5.92 Å². The molecule has 3 rings (SSSR count). The van der Waals surface area contributed by atoms with Crippen LogP contribution in [0.2, 0.25) is 0 Å². The summed E-state index contributed by atoms with van der Waals surface area (Å²) < 4.78 is 0. The van der Waals surface area contributed by atoms with Crippen LogP contribution in [-0.2, 0) is 24.4 Å². The van der Waals surface area contributed by atoms with Gasteiger partial charge in [0.05, 0.1) is 11.9 Å². The Morgan fingerprint density at radius 1 is 1.27 bits per heavy atom. The molecule has 1 unspecified atom stereocenters. The molecule has 2 N–H and O–H groups in total. The molecule has 1 heterocycles. The van der Waals surface area contributed by atoms with E-state index in [9.17, 15) is 15.0 Å². The number of carbonyl (C=O) groups is 1. The smallest absolute Gasteiger partial charge is 0.253 e. The minimum absolute atomic E-state index is 0.106. The first kappa shape index (κ1) is 18.7. The number of benzene rings is 1. The lowest BCUT2D eigenvalue weighted by molar-refractivity contribution is -0.128. The summed E-state index contributed by atoms with van der Waals surface area (Å²) in [5.41, 5.74) is 4.69. The van der Waals surface area contributed by atoms with Crippen LogP contribution < -0.4 is 0 Å². The van der Waals surface area contributed by atoms with Crippen LogP contribution in [0.3, 0.4) is 0 Å². The largest absolute Gasteiger partial charge is 0.512 e. The van der Waals surface area contributed by atoms with Gasteiger partial charge in [-0.1, -0.05) is 32.0 Å². The molecule has 0 bridgehead atoms. The van der Waals surface area contributed by atoms with Gasteiger partial charge in [0.25, 0.3) is 5.91 Å². The Morgan fingerprint density at radius 3 is 2.62 bits per heavy atom. The van der Waals surface area contributed by atoms with E-state index in [0.29, 0.717) is 18.7 Å². The molecular formula is C21H28N2O3. The molecule has 1 aliphatic heterocycles. The predicted molar refractivity (Wildman–Crippen MR) is 101 cm³/mol. The number of aliphatic hydroxyl groups is 2. The third kappa shape index (κ3) is 3.69. The summed E-state index contributed by atoms with van der Waals surface area (Å²) in [6, 6.07) is 6.37. The van der Waals surface area contributed by atoms with Crippen LogP contribution in [0.25, 0.3) is 0 Å². The highest BCUT2D eigenvalue weighted by atomic mass is 16.3. The molecule has 140 valence electrons. The summed E-state index contributed by atoms with van der Waals surface area (Å²) in [5, 5.41) is 20.4. The summed E-state index contributed by atoms with van der Waals surface area (Å²) in [7, 11) is 4.07. The molecule has 2 aliphatic rings. The Kier molecular flexibility index (Phi) is 5.21. The quantitative estimate of drug-likeness (QED) is 0.871. The number of aliphatic hydroxyl groups excluding tert-OH is 2. The molecule has 1 aromatic rings. The maximum Gasteiger partial charge on any atom is 0.253 e. The highest BCUT2D eigenvalue weighted by molar-refractivity contribution is 5.95. The molecule has 0 aromatic heterocycles. The molecular weight excluding hydrogens is 328 g/mol. The van der Waals surface area contributed by atoms with Crippen molar-refractivity contribution >= 4 is 5.91 Å². The summed E-state index contributed by atoms with van der Waals surface area (Å²) >= 11 is 0. The molecule has 0 saturated carbocycles. The lowest BCUT2D eigenvalue weighted by atomic mass is 9.89. The second kappa shape index (κ2) is 7.25. The highest BCUT2D eigenvalue weighted by Gasteiger charge is 2.32.